The van der Waals surface area contributed by atoms with E-state index in [4.69, 9.17) is 8.42 Å². The normalized spacial score (nSPS) is 3.00. The molecule has 0 aromatic heterocycles. The van der Waals surface area contributed by atoms with Crippen LogP contribution < -0.4 is 0 Å². The van der Waals surface area contributed by atoms with Gasteiger partial charge in [0.05, 0.1) is 0 Å². The maximum Gasteiger partial charge on any atom is 0.335 e. The summed E-state index contributed by atoms with van der Waals surface area (Å²) < 4.78 is 16.6. The second-order valence-electron chi connectivity index (χ2n) is 0.0680. The van der Waals surface area contributed by atoms with Crippen molar-refractivity contribution in [2.45, 2.75) is 0 Å². The van der Waals surface area contributed by atoms with Gasteiger partial charge >= 0.3 is 11.6 Å². The minimum Gasteiger partial charge on any atom is -0.168 e. The molecule has 0 saturated heterocycles. The summed E-state index contributed by atoms with van der Waals surface area (Å²) in [6, 6.07) is 0. The van der Waals surface area contributed by atoms with Crippen LogP contribution in [0.3, 0.4) is 0 Å². The predicted molar refractivity (Wildman–Crippen MR) is 14.7 cm³/mol. The lowest BCUT2D eigenvalue weighted by Crippen LogP contribution is -1.18. The largest absolute Gasteiger partial charge is 0.335 e. The van der Waals surface area contributed by atoms with Gasteiger partial charge in [-0.2, -0.15) is 8.42 Å². The van der Waals surface area contributed by atoms with Crippen LogP contribution >= 0.6 is 0 Å². The van der Waals surface area contributed by atoms with Crippen LogP contribution in [0, 0.1) is 0 Å². The van der Waals surface area contributed by atoms with Crippen molar-refractivity contribution in [2.24, 2.45) is 0 Å². The second-order valence-corrected chi connectivity index (χ2v) is 0.204. The Balaban J connectivity index is 0. The molecule has 0 aliphatic heterocycles. The molecule has 0 aliphatic carbocycles. The average Bonchev–Trinajstić information content (AvgIpc) is 0.918. The summed E-state index contributed by atoms with van der Waals surface area (Å²) in [5.74, 6) is 0. The fourth-order valence-corrected chi connectivity index (χ4v) is 0. The van der Waals surface area contributed by atoms with Gasteiger partial charge in [-0.15, -0.1) is 0 Å². The molecule has 0 aromatic rings. The highest BCUT2D eigenvalue weighted by Crippen LogP contribution is 0.846. The van der Waals surface area contributed by atoms with Crippen molar-refractivity contribution in [1.29, 1.82) is 0 Å². The summed E-state index contributed by atoms with van der Waals surface area (Å²) in [4.78, 5) is 0. The van der Waals surface area contributed by atoms with Crippen LogP contribution in [0.25, 0.3) is 0 Å². The molecule has 2 nitrogen and oxygen atoms in total. The lowest BCUT2D eigenvalue weighted by Gasteiger charge is -0.947. The molecule has 0 N–H and O–H groups in total. The second kappa shape index (κ2) is 9.53. The van der Waals surface area contributed by atoms with E-state index in [0.717, 1.165) is 0 Å². The zero-order valence-corrected chi connectivity index (χ0v) is 4.16. The van der Waals surface area contributed by atoms with Crippen molar-refractivity contribution in [3.63, 3.8) is 0 Å². The molecule has 0 saturated carbocycles. The first kappa shape index (κ1) is 8.82. The molecule has 0 heterocycles. The third-order valence-corrected chi connectivity index (χ3v) is 0. The van der Waals surface area contributed by atoms with Crippen molar-refractivity contribution < 1.29 is 8.42 Å². The first-order valence-electron chi connectivity index (χ1n) is 0.333. The first-order valence-corrected chi connectivity index (χ1v) is 1.00. The molecule has 0 bridgehead atoms. The fraction of sp³-hybridized carbons (Fsp3) is 0. The average molecular weight is 88.4 g/mol. The van der Waals surface area contributed by atoms with Crippen LogP contribution in [-0.4, -0.2) is 31.5 Å². The summed E-state index contributed by atoms with van der Waals surface area (Å²) >= 11 is -0.750. The van der Waals surface area contributed by atoms with E-state index < -0.39 is 11.6 Å². The summed E-state index contributed by atoms with van der Waals surface area (Å²) in [7, 11) is 0. The van der Waals surface area contributed by atoms with Gasteiger partial charge in [-0.3, -0.25) is 0 Å². The summed E-state index contributed by atoms with van der Waals surface area (Å²) in [6.07, 6.45) is 0. The predicted octanol–water partition coefficient (Wildman–Crippen LogP) is -1.05. The van der Waals surface area contributed by atoms with Crippen molar-refractivity contribution in [3.8, 4) is 0 Å². The first-order chi connectivity index (χ1) is 1.41. The van der Waals surface area contributed by atoms with Gasteiger partial charge in [0.25, 0.3) is 0 Å². The van der Waals surface area contributed by atoms with Gasteiger partial charge in [0, 0.05) is 23.1 Å². The van der Waals surface area contributed by atoms with E-state index in [0.29, 0.717) is 0 Å². The molecule has 0 unspecified atom stereocenters. The standard InChI is InChI=1S/Mg.O2S/c;1-3-2. The van der Waals surface area contributed by atoms with E-state index in [-0.39, 0.29) is 23.1 Å². The molecule has 0 aromatic carbocycles. The molecule has 0 spiro atoms. The molecule has 0 fully saturated rings. The maximum absolute atomic E-state index is 8.29. The van der Waals surface area contributed by atoms with Crippen LogP contribution in [0.5, 0.6) is 0 Å². The molecule has 20 valence electrons. The van der Waals surface area contributed by atoms with Gasteiger partial charge in [0.2, 0.25) is 0 Å². The van der Waals surface area contributed by atoms with Crippen molar-refractivity contribution in [1.82, 2.24) is 0 Å². The molecule has 4 heavy (non-hydrogen) atoms. The Labute approximate surface area is 43.3 Å². The van der Waals surface area contributed by atoms with Crippen LogP contribution in [0.15, 0.2) is 0 Å². The number of hydrogen-bond donors (Lipinski definition) is 0. The van der Waals surface area contributed by atoms with E-state index >= 15 is 0 Å². The summed E-state index contributed by atoms with van der Waals surface area (Å²) in [5, 5.41) is 0. The van der Waals surface area contributed by atoms with E-state index in [1.54, 1.807) is 0 Å². The Morgan fingerprint density at radius 3 is 1.25 bits per heavy atom. The van der Waals surface area contributed by atoms with E-state index in [1.165, 1.54) is 0 Å². The highest BCUT2D eigenvalue weighted by atomic mass is 32.1. The lowest BCUT2D eigenvalue weighted by molar-refractivity contribution is 0.630. The molecule has 2 radical (unpaired) electrons. The van der Waals surface area contributed by atoms with E-state index in [2.05, 4.69) is 0 Å². The number of rotatable bonds is 0. The van der Waals surface area contributed by atoms with Gasteiger partial charge in [0.1, 0.15) is 0 Å². The van der Waals surface area contributed by atoms with Crippen LogP contribution in [-0.2, 0) is 11.6 Å². The van der Waals surface area contributed by atoms with Crippen LogP contribution in [0.1, 0.15) is 0 Å². The van der Waals surface area contributed by atoms with Crippen molar-refractivity contribution >= 4 is 34.6 Å². The quantitative estimate of drug-likeness (QED) is 0.354. The van der Waals surface area contributed by atoms with Gasteiger partial charge < -0.3 is 0 Å². The molecule has 0 amide bonds. The minimum atomic E-state index is -0.750. The molecule has 4 heteroatoms. The zero-order chi connectivity index (χ0) is 2.71. The Morgan fingerprint density at radius 1 is 1.25 bits per heavy atom. The third-order valence-electron chi connectivity index (χ3n) is 0. The Bertz CT molecular complexity index is 27.0. The van der Waals surface area contributed by atoms with Crippen molar-refractivity contribution in [2.75, 3.05) is 0 Å². The van der Waals surface area contributed by atoms with Gasteiger partial charge in [-0.05, 0) is 0 Å². The molecular formula is MgO2S. The summed E-state index contributed by atoms with van der Waals surface area (Å²) in [6.45, 7) is 0. The fourth-order valence-electron chi connectivity index (χ4n) is 0. The van der Waals surface area contributed by atoms with E-state index in [9.17, 15) is 0 Å². The van der Waals surface area contributed by atoms with Crippen LogP contribution in [0.4, 0.5) is 0 Å². The highest BCUT2D eigenvalue weighted by Gasteiger charge is 1.12. The van der Waals surface area contributed by atoms with Gasteiger partial charge in [-0.1, -0.05) is 0 Å². The molecule has 0 atom stereocenters. The summed E-state index contributed by atoms with van der Waals surface area (Å²) in [5.41, 5.74) is 0. The van der Waals surface area contributed by atoms with Gasteiger partial charge in [-0.25, -0.2) is 0 Å². The lowest BCUT2D eigenvalue weighted by atomic mass is 15.9. The smallest absolute Gasteiger partial charge is 0.168 e. The Morgan fingerprint density at radius 2 is 1.25 bits per heavy atom. The molecular weight excluding hydrogens is 88.4 g/mol. The van der Waals surface area contributed by atoms with E-state index in [1.807, 2.05) is 0 Å². The SMILES string of the molecule is O=S=O.[Mg]. The minimum absolute atomic E-state index is 0. The topological polar surface area (TPSA) is 34.1 Å². The highest BCUT2D eigenvalue weighted by molar-refractivity contribution is 7.51. The number of hydrogen-bond acceptors (Lipinski definition) is 2. The zero-order valence-electron chi connectivity index (χ0n) is 1.93. The Hall–Kier alpha value is 0.586. The van der Waals surface area contributed by atoms with Crippen LogP contribution in [0.2, 0.25) is 0 Å². The Kier molecular flexibility index (Phi) is 21.0. The maximum atomic E-state index is 8.29. The molecule has 0 aliphatic rings. The third kappa shape index (κ3) is 18.9. The molecule has 0 rings (SSSR count). The van der Waals surface area contributed by atoms with Gasteiger partial charge in [0.15, 0.2) is 0 Å². The van der Waals surface area contributed by atoms with Crippen molar-refractivity contribution in [3.05, 3.63) is 0 Å². The monoisotopic (exact) mass is 87.9 g/mol.